The van der Waals surface area contributed by atoms with Crippen LogP contribution in [0.3, 0.4) is 0 Å². The highest BCUT2D eigenvalue weighted by Gasteiger charge is 2.42. The van der Waals surface area contributed by atoms with Crippen LogP contribution in [-0.2, 0) is 0 Å². The van der Waals surface area contributed by atoms with Crippen molar-refractivity contribution in [2.75, 3.05) is 13.2 Å². The molecule has 2 heterocycles. The Kier molecular flexibility index (Phi) is 3.61. The van der Waals surface area contributed by atoms with Gasteiger partial charge in [-0.15, -0.1) is 0 Å². The van der Waals surface area contributed by atoms with E-state index in [-0.39, 0.29) is 17.9 Å². The number of fused-ring (bicyclic) bond motifs is 1. The molecule has 0 atom stereocenters. The Bertz CT molecular complexity index is 843. The van der Waals surface area contributed by atoms with Crippen molar-refractivity contribution < 1.29 is 14.3 Å². The molecular formula is C18H19N3O3. The van der Waals surface area contributed by atoms with Crippen molar-refractivity contribution in [2.45, 2.75) is 19.3 Å². The Labute approximate surface area is 138 Å². The van der Waals surface area contributed by atoms with Gasteiger partial charge in [0.15, 0.2) is 5.76 Å². The molecule has 1 aromatic carbocycles. The molecule has 0 unspecified atom stereocenters. The highest BCUT2D eigenvalue weighted by Crippen LogP contribution is 2.47. The van der Waals surface area contributed by atoms with Gasteiger partial charge in [0.25, 0.3) is 5.91 Å². The topological polar surface area (TPSA) is 91.1 Å². The standard InChI is InChI=1S/C18H19N3O3/c22-8-7-18(5-6-18)11-19-17(23)13-10-20-21-16(13)15-9-12-3-1-2-4-14(12)24-15/h1-4,9-10,22H,5-8,11H2,(H,19,23)(H,20,21). The van der Waals surface area contributed by atoms with Crippen LogP contribution >= 0.6 is 0 Å². The number of H-pyrrole nitrogens is 1. The smallest absolute Gasteiger partial charge is 0.255 e. The van der Waals surface area contributed by atoms with Crippen molar-refractivity contribution in [2.24, 2.45) is 5.41 Å². The molecule has 1 aliphatic carbocycles. The Morgan fingerprint density at radius 2 is 2.21 bits per heavy atom. The third-order valence-corrected chi connectivity index (χ3v) is 4.78. The van der Waals surface area contributed by atoms with Crippen LogP contribution in [0.2, 0.25) is 0 Å². The number of aliphatic hydroxyl groups is 1. The van der Waals surface area contributed by atoms with E-state index in [0.717, 1.165) is 30.2 Å². The van der Waals surface area contributed by atoms with Crippen LogP contribution in [0, 0.1) is 5.41 Å². The van der Waals surface area contributed by atoms with Gasteiger partial charge in [-0.05, 0) is 36.8 Å². The number of hydrogen-bond donors (Lipinski definition) is 3. The van der Waals surface area contributed by atoms with E-state index in [0.29, 0.717) is 23.6 Å². The zero-order valence-electron chi connectivity index (χ0n) is 13.2. The minimum atomic E-state index is -0.177. The summed E-state index contributed by atoms with van der Waals surface area (Å²) in [6.07, 6.45) is 4.35. The van der Waals surface area contributed by atoms with E-state index in [9.17, 15) is 4.79 Å². The fraction of sp³-hybridized carbons (Fsp3) is 0.333. The van der Waals surface area contributed by atoms with Gasteiger partial charge in [0.1, 0.15) is 11.3 Å². The van der Waals surface area contributed by atoms with Gasteiger partial charge in [0, 0.05) is 18.5 Å². The van der Waals surface area contributed by atoms with Crippen molar-refractivity contribution in [3.05, 3.63) is 42.1 Å². The van der Waals surface area contributed by atoms with Crippen molar-refractivity contribution in [1.29, 1.82) is 0 Å². The van der Waals surface area contributed by atoms with Crippen molar-refractivity contribution in [3.63, 3.8) is 0 Å². The quantitative estimate of drug-likeness (QED) is 0.650. The normalized spacial score (nSPS) is 15.5. The predicted octanol–water partition coefficient (Wildman–Crippen LogP) is 2.72. The molecule has 124 valence electrons. The number of nitrogens with zero attached hydrogens (tertiary/aromatic N) is 1. The lowest BCUT2D eigenvalue weighted by Crippen LogP contribution is -2.30. The van der Waals surface area contributed by atoms with E-state index in [1.165, 1.54) is 6.20 Å². The lowest BCUT2D eigenvalue weighted by atomic mass is 10.0. The summed E-state index contributed by atoms with van der Waals surface area (Å²) in [5, 5.41) is 19.9. The lowest BCUT2D eigenvalue weighted by Gasteiger charge is -2.14. The van der Waals surface area contributed by atoms with E-state index in [1.807, 2.05) is 30.3 Å². The van der Waals surface area contributed by atoms with Gasteiger partial charge in [-0.2, -0.15) is 5.10 Å². The van der Waals surface area contributed by atoms with Gasteiger partial charge in [-0.1, -0.05) is 18.2 Å². The number of benzene rings is 1. The van der Waals surface area contributed by atoms with E-state index in [4.69, 9.17) is 9.52 Å². The van der Waals surface area contributed by atoms with Crippen LogP contribution < -0.4 is 5.32 Å². The molecule has 6 heteroatoms. The van der Waals surface area contributed by atoms with Crippen molar-refractivity contribution in [1.82, 2.24) is 15.5 Å². The first-order chi connectivity index (χ1) is 11.7. The zero-order chi connectivity index (χ0) is 16.6. The number of rotatable bonds is 6. The molecule has 24 heavy (non-hydrogen) atoms. The Hall–Kier alpha value is -2.60. The summed E-state index contributed by atoms with van der Waals surface area (Å²) in [7, 11) is 0. The number of para-hydroxylation sites is 1. The molecule has 2 aromatic heterocycles. The third kappa shape index (κ3) is 2.69. The van der Waals surface area contributed by atoms with Crippen LogP contribution in [0.25, 0.3) is 22.4 Å². The number of amides is 1. The van der Waals surface area contributed by atoms with Crippen LogP contribution in [0.1, 0.15) is 29.6 Å². The van der Waals surface area contributed by atoms with Crippen LogP contribution in [0.15, 0.2) is 40.9 Å². The summed E-state index contributed by atoms with van der Waals surface area (Å²) in [4.78, 5) is 12.5. The number of aliphatic hydroxyl groups excluding tert-OH is 1. The molecule has 1 amide bonds. The molecule has 3 aromatic rings. The molecular weight excluding hydrogens is 306 g/mol. The Balaban J connectivity index is 1.54. The van der Waals surface area contributed by atoms with Crippen molar-refractivity contribution >= 4 is 16.9 Å². The molecule has 6 nitrogen and oxygen atoms in total. The van der Waals surface area contributed by atoms with Gasteiger partial charge >= 0.3 is 0 Å². The summed E-state index contributed by atoms with van der Waals surface area (Å²) in [6.45, 7) is 0.739. The number of aromatic amines is 1. The summed E-state index contributed by atoms with van der Waals surface area (Å²) in [5.74, 6) is 0.416. The summed E-state index contributed by atoms with van der Waals surface area (Å²) in [6, 6.07) is 9.60. The Morgan fingerprint density at radius 1 is 1.38 bits per heavy atom. The molecule has 0 aliphatic heterocycles. The van der Waals surface area contributed by atoms with E-state index < -0.39 is 0 Å². The molecule has 1 fully saturated rings. The number of aromatic nitrogens is 2. The van der Waals surface area contributed by atoms with E-state index >= 15 is 0 Å². The second kappa shape index (κ2) is 5.79. The zero-order valence-corrected chi connectivity index (χ0v) is 13.2. The van der Waals surface area contributed by atoms with Gasteiger partial charge in [-0.3, -0.25) is 9.89 Å². The molecule has 0 bridgehead atoms. The largest absolute Gasteiger partial charge is 0.454 e. The summed E-state index contributed by atoms with van der Waals surface area (Å²) >= 11 is 0. The van der Waals surface area contributed by atoms with Crippen molar-refractivity contribution in [3.8, 4) is 11.5 Å². The molecule has 1 saturated carbocycles. The minimum absolute atomic E-state index is 0.0771. The van der Waals surface area contributed by atoms with Gasteiger partial charge in [0.05, 0.1) is 11.8 Å². The minimum Gasteiger partial charge on any atom is -0.454 e. The summed E-state index contributed by atoms with van der Waals surface area (Å²) in [5.41, 5.74) is 1.89. The van der Waals surface area contributed by atoms with E-state index in [2.05, 4.69) is 15.5 Å². The molecule has 0 spiro atoms. The van der Waals surface area contributed by atoms with Crippen LogP contribution in [0.5, 0.6) is 0 Å². The second-order valence-corrected chi connectivity index (χ2v) is 6.46. The van der Waals surface area contributed by atoms with Gasteiger partial charge < -0.3 is 14.8 Å². The summed E-state index contributed by atoms with van der Waals surface area (Å²) < 4.78 is 5.82. The third-order valence-electron chi connectivity index (χ3n) is 4.78. The fourth-order valence-electron chi connectivity index (χ4n) is 3.04. The van der Waals surface area contributed by atoms with E-state index in [1.54, 1.807) is 0 Å². The SMILES string of the molecule is O=C(NCC1(CCO)CC1)c1cn[nH]c1-c1cc2ccccc2o1. The van der Waals surface area contributed by atoms with Gasteiger partial charge in [0.2, 0.25) is 0 Å². The molecule has 0 saturated heterocycles. The fourth-order valence-corrected chi connectivity index (χ4v) is 3.04. The first kappa shape index (κ1) is 15.0. The molecule has 3 N–H and O–H groups in total. The highest BCUT2D eigenvalue weighted by atomic mass is 16.3. The average molecular weight is 325 g/mol. The monoisotopic (exact) mass is 325 g/mol. The molecule has 0 radical (unpaired) electrons. The maximum atomic E-state index is 12.5. The van der Waals surface area contributed by atoms with Crippen LogP contribution in [-0.4, -0.2) is 34.4 Å². The number of nitrogens with one attached hydrogen (secondary N) is 2. The van der Waals surface area contributed by atoms with Gasteiger partial charge in [-0.25, -0.2) is 0 Å². The lowest BCUT2D eigenvalue weighted by molar-refractivity contribution is 0.0941. The number of carbonyl (C=O) groups is 1. The molecule has 1 aliphatic rings. The maximum absolute atomic E-state index is 12.5. The number of furan rings is 1. The maximum Gasteiger partial charge on any atom is 0.255 e. The Morgan fingerprint density at radius 3 is 2.96 bits per heavy atom. The number of carbonyl (C=O) groups excluding carboxylic acids is 1. The second-order valence-electron chi connectivity index (χ2n) is 6.46. The first-order valence-electron chi connectivity index (χ1n) is 8.12. The first-order valence-corrected chi connectivity index (χ1v) is 8.12. The average Bonchev–Trinajstić information content (AvgIpc) is 3.02. The highest BCUT2D eigenvalue weighted by molar-refractivity contribution is 6.00. The number of hydrogen-bond acceptors (Lipinski definition) is 4. The molecule has 4 rings (SSSR count). The van der Waals surface area contributed by atoms with Crippen LogP contribution in [0.4, 0.5) is 0 Å². The predicted molar refractivity (Wildman–Crippen MR) is 89.5 cm³/mol.